The Balaban J connectivity index is 1.95. The lowest BCUT2D eigenvalue weighted by Crippen LogP contribution is -2.23. The summed E-state index contributed by atoms with van der Waals surface area (Å²) in [4.78, 5) is 4.42. The monoisotopic (exact) mass is 250 g/mol. The van der Waals surface area contributed by atoms with E-state index in [1.807, 2.05) is 6.33 Å². The van der Waals surface area contributed by atoms with Crippen molar-refractivity contribution in [1.82, 2.24) is 20.1 Å². The highest BCUT2D eigenvalue weighted by molar-refractivity contribution is 4.86. The molecule has 1 aromatic rings. The molecule has 18 heavy (non-hydrogen) atoms. The maximum absolute atomic E-state index is 4.65. The lowest BCUT2D eigenvalue weighted by Gasteiger charge is -2.30. The molecule has 1 N–H and O–H groups in total. The zero-order valence-electron chi connectivity index (χ0n) is 11.7. The van der Waals surface area contributed by atoms with Gasteiger partial charge in [0.15, 0.2) is 5.82 Å². The molecule has 1 aliphatic carbocycles. The van der Waals surface area contributed by atoms with Crippen LogP contribution in [0.3, 0.4) is 0 Å². The van der Waals surface area contributed by atoms with E-state index in [2.05, 4.69) is 33.9 Å². The van der Waals surface area contributed by atoms with Crippen LogP contribution in [0.1, 0.15) is 64.2 Å². The van der Waals surface area contributed by atoms with Gasteiger partial charge in [0, 0.05) is 0 Å². The van der Waals surface area contributed by atoms with Gasteiger partial charge in [-0.25, -0.2) is 9.67 Å². The number of nitrogens with zero attached hydrogens (tertiary/aromatic N) is 3. The largest absolute Gasteiger partial charge is 0.310 e. The van der Waals surface area contributed by atoms with Crippen molar-refractivity contribution in [3.05, 3.63) is 12.2 Å². The standard InChI is InChI=1S/C14H26N4/c1-3-9-15-10-14-16-11-18(17-14)13-8-6-5-7-12(13)4-2/h11-13,15H,3-10H2,1-2H3. The molecule has 0 saturated heterocycles. The molecule has 2 atom stereocenters. The van der Waals surface area contributed by atoms with Crippen LogP contribution in [0.5, 0.6) is 0 Å². The lowest BCUT2D eigenvalue weighted by molar-refractivity contribution is 0.216. The van der Waals surface area contributed by atoms with E-state index in [-0.39, 0.29) is 0 Å². The van der Waals surface area contributed by atoms with Gasteiger partial charge in [-0.1, -0.05) is 33.1 Å². The topological polar surface area (TPSA) is 42.7 Å². The van der Waals surface area contributed by atoms with Gasteiger partial charge in [-0.2, -0.15) is 5.10 Å². The predicted octanol–water partition coefficient (Wildman–Crippen LogP) is 2.92. The third-order valence-corrected chi connectivity index (χ3v) is 4.00. The van der Waals surface area contributed by atoms with Crippen LogP contribution in [0.4, 0.5) is 0 Å². The molecule has 1 heterocycles. The van der Waals surface area contributed by atoms with Crippen LogP contribution in [-0.2, 0) is 6.54 Å². The van der Waals surface area contributed by atoms with E-state index in [9.17, 15) is 0 Å². The van der Waals surface area contributed by atoms with Gasteiger partial charge in [0.25, 0.3) is 0 Å². The average Bonchev–Trinajstić information content (AvgIpc) is 2.88. The molecule has 1 aromatic heterocycles. The third kappa shape index (κ3) is 3.31. The fourth-order valence-electron chi connectivity index (χ4n) is 2.94. The summed E-state index contributed by atoms with van der Waals surface area (Å²) in [7, 11) is 0. The van der Waals surface area contributed by atoms with Crippen molar-refractivity contribution in [2.45, 2.75) is 65.0 Å². The minimum Gasteiger partial charge on any atom is -0.310 e. The molecule has 0 spiro atoms. The van der Waals surface area contributed by atoms with Gasteiger partial charge in [0.1, 0.15) is 6.33 Å². The van der Waals surface area contributed by atoms with Crippen molar-refractivity contribution >= 4 is 0 Å². The Labute approximate surface area is 110 Å². The summed E-state index contributed by atoms with van der Waals surface area (Å²) < 4.78 is 2.12. The van der Waals surface area contributed by atoms with Gasteiger partial charge in [0.2, 0.25) is 0 Å². The smallest absolute Gasteiger partial charge is 0.164 e. The van der Waals surface area contributed by atoms with Gasteiger partial charge < -0.3 is 5.32 Å². The predicted molar refractivity (Wildman–Crippen MR) is 73.3 cm³/mol. The van der Waals surface area contributed by atoms with Crippen LogP contribution in [0.15, 0.2) is 6.33 Å². The summed E-state index contributed by atoms with van der Waals surface area (Å²) >= 11 is 0. The maximum atomic E-state index is 4.65. The summed E-state index contributed by atoms with van der Waals surface area (Å²) in [6.45, 7) is 6.30. The zero-order valence-corrected chi connectivity index (χ0v) is 11.7. The first-order valence-corrected chi connectivity index (χ1v) is 7.45. The average molecular weight is 250 g/mol. The second-order valence-corrected chi connectivity index (χ2v) is 5.34. The van der Waals surface area contributed by atoms with Crippen molar-refractivity contribution in [3.8, 4) is 0 Å². The van der Waals surface area contributed by atoms with E-state index in [1.165, 1.54) is 32.1 Å². The molecular weight excluding hydrogens is 224 g/mol. The molecule has 0 aliphatic heterocycles. The van der Waals surface area contributed by atoms with Crippen LogP contribution in [-0.4, -0.2) is 21.3 Å². The summed E-state index contributed by atoms with van der Waals surface area (Å²) in [5, 5.41) is 8.00. The van der Waals surface area contributed by atoms with E-state index in [0.717, 1.165) is 31.3 Å². The highest BCUT2D eigenvalue weighted by Crippen LogP contribution is 2.35. The molecule has 4 heteroatoms. The highest BCUT2D eigenvalue weighted by Gasteiger charge is 2.25. The lowest BCUT2D eigenvalue weighted by atomic mass is 9.83. The quantitative estimate of drug-likeness (QED) is 0.789. The summed E-state index contributed by atoms with van der Waals surface area (Å²) in [5.74, 6) is 1.72. The van der Waals surface area contributed by atoms with Gasteiger partial charge >= 0.3 is 0 Å². The molecule has 0 radical (unpaired) electrons. The molecule has 1 saturated carbocycles. The summed E-state index contributed by atoms with van der Waals surface area (Å²) in [5.41, 5.74) is 0. The highest BCUT2D eigenvalue weighted by atomic mass is 15.4. The van der Waals surface area contributed by atoms with E-state index in [1.54, 1.807) is 0 Å². The molecule has 1 fully saturated rings. The number of nitrogens with one attached hydrogen (secondary N) is 1. The second kappa shape index (κ2) is 6.88. The van der Waals surface area contributed by atoms with E-state index < -0.39 is 0 Å². The van der Waals surface area contributed by atoms with Crippen LogP contribution in [0.25, 0.3) is 0 Å². The van der Waals surface area contributed by atoms with Gasteiger partial charge in [-0.05, 0) is 31.7 Å². The third-order valence-electron chi connectivity index (χ3n) is 4.00. The first-order chi connectivity index (χ1) is 8.85. The normalized spacial score (nSPS) is 24.3. The fourth-order valence-corrected chi connectivity index (χ4v) is 2.94. The fraction of sp³-hybridized carbons (Fsp3) is 0.857. The molecule has 0 aromatic carbocycles. The Bertz CT molecular complexity index is 347. The first kappa shape index (κ1) is 13.5. The molecule has 4 nitrogen and oxygen atoms in total. The zero-order chi connectivity index (χ0) is 12.8. The van der Waals surface area contributed by atoms with E-state index >= 15 is 0 Å². The number of rotatable bonds is 6. The SMILES string of the molecule is CCCNCc1ncn(C2CCCCC2CC)n1. The summed E-state index contributed by atoms with van der Waals surface area (Å²) in [6, 6.07) is 0.580. The van der Waals surface area contributed by atoms with Crippen LogP contribution >= 0.6 is 0 Å². The van der Waals surface area contributed by atoms with E-state index in [4.69, 9.17) is 0 Å². The number of aromatic nitrogens is 3. The summed E-state index contributed by atoms with van der Waals surface area (Å²) in [6.07, 6.45) is 9.68. The molecule has 102 valence electrons. The van der Waals surface area contributed by atoms with Crippen molar-refractivity contribution < 1.29 is 0 Å². The molecular formula is C14H26N4. The van der Waals surface area contributed by atoms with Crippen LogP contribution < -0.4 is 5.32 Å². The van der Waals surface area contributed by atoms with Gasteiger partial charge in [0.05, 0.1) is 12.6 Å². The number of hydrogen-bond donors (Lipinski definition) is 1. The molecule has 0 bridgehead atoms. The van der Waals surface area contributed by atoms with E-state index in [0.29, 0.717) is 6.04 Å². The van der Waals surface area contributed by atoms with Crippen molar-refractivity contribution in [2.75, 3.05) is 6.54 Å². The Morgan fingerprint density at radius 3 is 2.94 bits per heavy atom. The minimum absolute atomic E-state index is 0.580. The van der Waals surface area contributed by atoms with Crippen molar-refractivity contribution in [2.24, 2.45) is 5.92 Å². The Hall–Kier alpha value is -0.900. The Kier molecular flexibility index (Phi) is 5.17. The van der Waals surface area contributed by atoms with Crippen LogP contribution in [0, 0.1) is 5.92 Å². The molecule has 2 unspecified atom stereocenters. The molecule has 2 rings (SSSR count). The Morgan fingerprint density at radius 2 is 2.17 bits per heavy atom. The molecule has 0 amide bonds. The first-order valence-electron chi connectivity index (χ1n) is 7.45. The van der Waals surface area contributed by atoms with Crippen molar-refractivity contribution in [1.29, 1.82) is 0 Å². The number of hydrogen-bond acceptors (Lipinski definition) is 3. The minimum atomic E-state index is 0.580. The maximum Gasteiger partial charge on any atom is 0.164 e. The van der Waals surface area contributed by atoms with Crippen molar-refractivity contribution in [3.63, 3.8) is 0 Å². The van der Waals surface area contributed by atoms with Gasteiger partial charge in [-0.3, -0.25) is 0 Å². The molecule has 1 aliphatic rings. The Morgan fingerprint density at radius 1 is 1.33 bits per heavy atom. The van der Waals surface area contributed by atoms with Crippen LogP contribution in [0.2, 0.25) is 0 Å². The van der Waals surface area contributed by atoms with Gasteiger partial charge in [-0.15, -0.1) is 0 Å². The second-order valence-electron chi connectivity index (χ2n) is 5.34.